The van der Waals surface area contributed by atoms with Crippen molar-refractivity contribution >= 4 is 43.9 Å². The van der Waals surface area contributed by atoms with Crippen LogP contribution in [0.1, 0.15) is 11.1 Å². The van der Waals surface area contributed by atoms with E-state index in [0.717, 1.165) is 0 Å². The Kier molecular flexibility index (Phi) is 2.87. The van der Waals surface area contributed by atoms with E-state index < -0.39 is 0 Å². The van der Waals surface area contributed by atoms with Gasteiger partial charge in [-0.1, -0.05) is 60.7 Å². The number of hydrogen-bond acceptors (Lipinski definition) is 0. The molecule has 4 aromatic carbocycles. The summed E-state index contributed by atoms with van der Waals surface area (Å²) < 4.78 is 0. The van der Waals surface area contributed by atoms with E-state index in [0.29, 0.717) is 5.88 Å². The largest absolute Gasteiger partial charge is 0.122 e. The molecule has 0 radical (unpaired) electrons. The average molecular weight is 291 g/mol. The highest BCUT2D eigenvalue weighted by Crippen LogP contribution is 2.37. The van der Waals surface area contributed by atoms with Crippen LogP contribution in [0.25, 0.3) is 32.3 Å². The van der Waals surface area contributed by atoms with E-state index in [1.54, 1.807) is 0 Å². The molecule has 4 rings (SSSR count). The molecule has 4 aromatic rings. The maximum atomic E-state index is 6.29. The fraction of sp³-hybridized carbons (Fsp3) is 0.100. The van der Waals surface area contributed by atoms with Crippen LogP contribution >= 0.6 is 11.6 Å². The van der Waals surface area contributed by atoms with Crippen molar-refractivity contribution in [3.05, 3.63) is 71.8 Å². The van der Waals surface area contributed by atoms with Gasteiger partial charge < -0.3 is 0 Å². The number of hydrogen-bond donors (Lipinski definition) is 0. The van der Waals surface area contributed by atoms with Crippen LogP contribution < -0.4 is 0 Å². The molecule has 0 nitrogen and oxygen atoms in total. The molecule has 0 aliphatic carbocycles. The normalized spacial score (nSPS) is 11.5. The Labute approximate surface area is 129 Å². The third-order valence-electron chi connectivity index (χ3n) is 4.42. The van der Waals surface area contributed by atoms with Gasteiger partial charge >= 0.3 is 0 Å². The maximum absolute atomic E-state index is 6.29. The standard InChI is InChI=1S/C20H15Cl/c1-13-15-7-4-5-9-17(15)19(12-21)18-11-10-14-6-2-3-8-16(14)20(13)18/h2-11H,12H2,1H3. The van der Waals surface area contributed by atoms with Crippen LogP contribution in [0.3, 0.4) is 0 Å². The molecule has 0 heterocycles. The molecular formula is C20H15Cl. The first-order valence-electron chi connectivity index (χ1n) is 7.19. The average Bonchev–Trinajstić information content (AvgIpc) is 2.55. The minimum Gasteiger partial charge on any atom is -0.122 e. The Morgan fingerprint density at radius 2 is 1.38 bits per heavy atom. The number of benzene rings is 4. The SMILES string of the molecule is Cc1c2ccccc2c(CCl)c2ccc3ccccc3c12. The summed E-state index contributed by atoms with van der Waals surface area (Å²) in [5.41, 5.74) is 2.57. The minimum atomic E-state index is 0.537. The Morgan fingerprint density at radius 1 is 0.714 bits per heavy atom. The molecule has 0 atom stereocenters. The van der Waals surface area contributed by atoms with Gasteiger partial charge in [-0.15, -0.1) is 11.6 Å². The van der Waals surface area contributed by atoms with E-state index in [9.17, 15) is 0 Å². The summed E-state index contributed by atoms with van der Waals surface area (Å²) in [5.74, 6) is 0.537. The number of alkyl halides is 1. The third-order valence-corrected chi connectivity index (χ3v) is 4.69. The Morgan fingerprint density at radius 3 is 2.14 bits per heavy atom. The Balaban J connectivity index is 2.37. The number of fused-ring (bicyclic) bond motifs is 4. The molecule has 0 aromatic heterocycles. The van der Waals surface area contributed by atoms with Gasteiger partial charge in [-0.3, -0.25) is 0 Å². The molecule has 0 bridgehead atoms. The van der Waals surface area contributed by atoms with Gasteiger partial charge in [0, 0.05) is 5.88 Å². The van der Waals surface area contributed by atoms with Crippen molar-refractivity contribution in [2.75, 3.05) is 0 Å². The fourth-order valence-corrected chi connectivity index (χ4v) is 3.71. The lowest BCUT2D eigenvalue weighted by Crippen LogP contribution is -1.91. The van der Waals surface area contributed by atoms with Gasteiger partial charge in [-0.2, -0.15) is 0 Å². The molecule has 0 N–H and O–H groups in total. The van der Waals surface area contributed by atoms with Crippen molar-refractivity contribution in [2.45, 2.75) is 12.8 Å². The Hall–Kier alpha value is -2.05. The summed E-state index contributed by atoms with van der Waals surface area (Å²) >= 11 is 6.29. The highest BCUT2D eigenvalue weighted by Gasteiger charge is 2.12. The van der Waals surface area contributed by atoms with Crippen molar-refractivity contribution in [1.82, 2.24) is 0 Å². The number of halogens is 1. The highest BCUT2D eigenvalue weighted by molar-refractivity contribution is 6.22. The second-order valence-corrected chi connectivity index (χ2v) is 5.76. The molecule has 0 saturated carbocycles. The zero-order chi connectivity index (χ0) is 14.4. The second kappa shape index (κ2) is 4.75. The predicted octanol–water partition coefficient (Wildman–Crippen LogP) is 6.19. The van der Waals surface area contributed by atoms with Gasteiger partial charge in [-0.25, -0.2) is 0 Å². The number of aryl methyl sites for hydroxylation is 1. The summed E-state index contributed by atoms with van der Waals surface area (Å²) in [6.45, 7) is 2.22. The summed E-state index contributed by atoms with van der Waals surface area (Å²) in [6.07, 6.45) is 0. The summed E-state index contributed by atoms with van der Waals surface area (Å²) in [5, 5.41) is 7.78. The summed E-state index contributed by atoms with van der Waals surface area (Å²) in [7, 11) is 0. The van der Waals surface area contributed by atoms with Gasteiger partial charge in [0.25, 0.3) is 0 Å². The lowest BCUT2D eigenvalue weighted by atomic mass is 9.90. The lowest BCUT2D eigenvalue weighted by Gasteiger charge is -2.15. The van der Waals surface area contributed by atoms with E-state index >= 15 is 0 Å². The molecule has 0 amide bonds. The second-order valence-electron chi connectivity index (χ2n) is 5.49. The van der Waals surface area contributed by atoms with Crippen LogP contribution in [0, 0.1) is 6.92 Å². The quantitative estimate of drug-likeness (QED) is 0.223. The van der Waals surface area contributed by atoms with Crippen LogP contribution in [0.15, 0.2) is 60.7 Å². The third kappa shape index (κ3) is 1.76. The molecule has 0 unspecified atom stereocenters. The van der Waals surface area contributed by atoms with Crippen LogP contribution in [0.2, 0.25) is 0 Å². The van der Waals surface area contributed by atoms with Crippen molar-refractivity contribution in [3.63, 3.8) is 0 Å². The molecule has 0 fully saturated rings. The smallest absolute Gasteiger partial charge is 0.0486 e. The first-order chi connectivity index (χ1) is 10.3. The first-order valence-corrected chi connectivity index (χ1v) is 7.72. The van der Waals surface area contributed by atoms with Gasteiger partial charge in [0.15, 0.2) is 0 Å². The predicted molar refractivity (Wildman–Crippen MR) is 93.3 cm³/mol. The molecular weight excluding hydrogens is 276 g/mol. The van der Waals surface area contributed by atoms with Gasteiger partial charge in [-0.05, 0) is 50.4 Å². The zero-order valence-electron chi connectivity index (χ0n) is 11.9. The van der Waals surface area contributed by atoms with E-state index in [1.807, 2.05) is 0 Å². The van der Waals surface area contributed by atoms with Gasteiger partial charge in [0.1, 0.15) is 0 Å². The van der Waals surface area contributed by atoms with Crippen molar-refractivity contribution in [3.8, 4) is 0 Å². The molecule has 0 spiro atoms. The highest BCUT2D eigenvalue weighted by atomic mass is 35.5. The summed E-state index contributed by atoms with van der Waals surface area (Å²) in [4.78, 5) is 0. The van der Waals surface area contributed by atoms with E-state index in [1.165, 1.54) is 43.4 Å². The first kappa shape index (κ1) is 12.7. The Bertz CT molecular complexity index is 983. The monoisotopic (exact) mass is 290 g/mol. The zero-order valence-corrected chi connectivity index (χ0v) is 12.6. The maximum Gasteiger partial charge on any atom is 0.0486 e. The van der Waals surface area contributed by atoms with Gasteiger partial charge in [0.05, 0.1) is 0 Å². The van der Waals surface area contributed by atoms with Crippen molar-refractivity contribution in [1.29, 1.82) is 0 Å². The molecule has 0 aliphatic rings. The van der Waals surface area contributed by atoms with Crippen LogP contribution in [0.5, 0.6) is 0 Å². The van der Waals surface area contributed by atoms with Crippen LogP contribution in [0.4, 0.5) is 0 Å². The van der Waals surface area contributed by atoms with E-state index in [2.05, 4.69) is 67.6 Å². The molecule has 0 aliphatic heterocycles. The molecule has 21 heavy (non-hydrogen) atoms. The van der Waals surface area contributed by atoms with E-state index in [-0.39, 0.29) is 0 Å². The van der Waals surface area contributed by atoms with Crippen LogP contribution in [-0.2, 0) is 5.88 Å². The number of rotatable bonds is 1. The van der Waals surface area contributed by atoms with Crippen molar-refractivity contribution in [2.24, 2.45) is 0 Å². The lowest BCUT2D eigenvalue weighted by molar-refractivity contribution is 1.48. The molecule has 102 valence electrons. The minimum absolute atomic E-state index is 0.537. The van der Waals surface area contributed by atoms with E-state index in [4.69, 9.17) is 11.6 Å². The topological polar surface area (TPSA) is 0 Å². The molecule has 1 heteroatoms. The van der Waals surface area contributed by atoms with Gasteiger partial charge in [0.2, 0.25) is 0 Å². The van der Waals surface area contributed by atoms with Crippen molar-refractivity contribution < 1.29 is 0 Å². The summed E-state index contributed by atoms with van der Waals surface area (Å²) in [6, 6.07) is 21.5. The fourth-order valence-electron chi connectivity index (χ4n) is 3.42. The van der Waals surface area contributed by atoms with Crippen LogP contribution in [-0.4, -0.2) is 0 Å². The molecule has 0 saturated heterocycles.